The van der Waals surface area contributed by atoms with E-state index in [9.17, 15) is 0 Å². The van der Waals surface area contributed by atoms with Crippen LogP contribution in [0.5, 0.6) is 0 Å². The number of rotatable bonds is 16. The fourth-order valence-corrected chi connectivity index (χ4v) is 3.92. The maximum absolute atomic E-state index is 2.58. The minimum Gasteiger partial charge on any atom is -0.356 e. The van der Waals surface area contributed by atoms with E-state index < -0.39 is 0 Å². The predicted octanol–water partition coefficient (Wildman–Crippen LogP) is 7.31. The van der Waals surface area contributed by atoms with Gasteiger partial charge in [-0.1, -0.05) is 84.5 Å². The van der Waals surface area contributed by atoms with Crippen molar-refractivity contribution in [1.29, 1.82) is 0 Å². The Morgan fingerprint density at radius 3 is 1.72 bits per heavy atom. The Morgan fingerprint density at radius 1 is 0.680 bits per heavy atom. The molecule has 1 unspecified atom stereocenters. The molecule has 0 amide bonds. The molecule has 148 valence electrons. The third-order valence-corrected chi connectivity index (χ3v) is 5.59. The van der Waals surface area contributed by atoms with Gasteiger partial charge in [-0.3, -0.25) is 0 Å². The van der Waals surface area contributed by atoms with E-state index in [0.717, 1.165) is 0 Å². The van der Waals surface area contributed by atoms with E-state index in [1.54, 1.807) is 0 Å². The van der Waals surface area contributed by atoms with Crippen LogP contribution in [0.25, 0.3) is 0 Å². The number of hydrogen-bond donors (Lipinski definition) is 0. The second-order valence-corrected chi connectivity index (χ2v) is 8.24. The van der Waals surface area contributed by atoms with E-state index in [2.05, 4.69) is 49.9 Å². The standard InChI is InChI=1S/C23H46N2/c1-5-7-9-10-11-12-13-14-15-16-17-18-23-24(19-8-6-2)20-21-25(23)22(3)4/h20-23H,5-19H2,1-4H3. The lowest BCUT2D eigenvalue weighted by Crippen LogP contribution is -2.42. The van der Waals surface area contributed by atoms with E-state index in [1.165, 1.54) is 96.4 Å². The second-order valence-electron chi connectivity index (χ2n) is 8.24. The molecule has 1 rings (SSSR count). The SMILES string of the molecule is CCCCCCCCCCCCCC1N(CCCC)C=CN1C(C)C. The van der Waals surface area contributed by atoms with Gasteiger partial charge in [-0.15, -0.1) is 0 Å². The molecule has 0 saturated heterocycles. The summed E-state index contributed by atoms with van der Waals surface area (Å²) in [5.74, 6) is 0. The summed E-state index contributed by atoms with van der Waals surface area (Å²) in [4.78, 5) is 5.14. The average Bonchev–Trinajstić information content (AvgIpc) is 3.01. The van der Waals surface area contributed by atoms with Crippen molar-refractivity contribution in [3.05, 3.63) is 12.4 Å². The number of nitrogens with zero attached hydrogens (tertiary/aromatic N) is 2. The van der Waals surface area contributed by atoms with Crippen LogP contribution >= 0.6 is 0 Å². The van der Waals surface area contributed by atoms with Gasteiger partial charge in [0.1, 0.15) is 6.17 Å². The van der Waals surface area contributed by atoms with Gasteiger partial charge in [0.15, 0.2) is 0 Å². The molecule has 0 bridgehead atoms. The molecule has 2 heteroatoms. The molecule has 0 aliphatic carbocycles. The van der Waals surface area contributed by atoms with Gasteiger partial charge >= 0.3 is 0 Å². The van der Waals surface area contributed by atoms with Crippen molar-refractivity contribution in [3.8, 4) is 0 Å². The van der Waals surface area contributed by atoms with Gasteiger partial charge in [0, 0.05) is 25.0 Å². The number of hydrogen-bond acceptors (Lipinski definition) is 2. The predicted molar refractivity (Wildman–Crippen MR) is 113 cm³/mol. The van der Waals surface area contributed by atoms with Crippen LogP contribution in [0.1, 0.15) is 118 Å². The van der Waals surface area contributed by atoms with Crippen molar-refractivity contribution in [2.45, 2.75) is 130 Å². The number of unbranched alkanes of at least 4 members (excludes halogenated alkanes) is 11. The molecular weight excluding hydrogens is 304 g/mol. The molecule has 1 aliphatic heterocycles. The maximum atomic E-state index is 2.58. The van der Waals surface area contributed by atoms with Gasteiger partial charge in [0.25, 0.3) is 0 Å². The zero-order valence-corrected chi connectivity index (χ0v) is 17.8. The molecule has 0 aromatic carbocycles. The van der Waals surface area contributed by atoms with E-state index >= 15 is 0 Å². The first kappa shape index (κ1) is 22.4. The molecule has 0 N–H and O–H groups in total. The Kier molecular flexibility index (Phi) is 13.0. The summed E-state index contributed by atoms with van der Waals surface area (Å²) in [6.45, 7) is 10.4. The monoisotopic (exact) mass is 350 g/mol. The summed E-state index contributed by atoms with van der Waals surface area (Å²) in [7, 11) is 0. The first-order valence-corrected chi connectivity index (χ1v) is 11.4. The Bertz CT molecular complexity index is 324. The molecule has 0 fully saturated rings. The van der Waals surface area contributed by atoms with Gasteiger partial charge in [-0.05, 0) is 33.1 Å². The van der Waals surface area contributed by atoms with Crippen molar-refractivity contribution >= 4 is 0 Å². The minimum absolute atomic E-state index is 0.612. The molecule has 0 saturated carbocycles. The zero-order valence-electron chi connectivity index (χ0n) is 17.8. The normalized spacial score (nSPS) is 17.2. The quantitative estimate of drug-likeness (QED) is 0.269. The minimum atomic E-state index is 0.612. The highest BCUT2D eigenvalue weighted by Gasteiger charge is 2.26. The Labute approximate surface area is 159 Å². The van der Waals surface area contributed by atoms with Crippen molar-refractivity contribution < 1.29 is 0 Å². The Morgan fingerprint density at radius 2 is 1.20 bits per heavy atom. The Hall–Kier alpha value is -0.660. The van der Waals surface area contributed by atoms with Gasteiger partial charge in [0.2, 0.25) is 0 Å². The van der Waals surface area contributed by atoms with Crippen LogP contribution in [0.4, 0.5) is 0 Å². The largest absolute Gasteiger partial charge is 0.356 e. The van der Waals surface area contributed by atoms with Crippen LogP contribution in [0, 0.1) is 0 Å². The maximum Gasteiger partial charge on any atom is 0.101 e. The van der Waals surface area contributed by atoms with Crippen molar-refractivity contribution in [2.24, 2.45) is 0 Å². The molecular formula is C23H46N2. The van der Waals surface area contributed by atoms with E-state index in [1.807, 2.05) is 0 Å². The first-order chi connectivity index (χ1) is 12.2. The molecule has 1 aliphatic rings. The summed E-state index contributed by atoms with van der Waals surface area (Å²) < 4.78 is 0. The van der Waals surface area contributed by atoms with E-state index in [4.69, 9.17) is 0 Å². The fraction of sp³-hybridized carbons (Fsp3) is 0.913. The lowest BCUT2D eigenvalue weighted by Gasteiger charge is -2.35. The third kappa shape index (κ3) is 9.56. The molecule has 0 radical (unpaired) electrons. The van der Waals surface area contributed by atoms with Gasteiger partial charge in [-0.25, -0.2) is 0 Å². The molecule has 0 spiro atoms. The zero-order chi connectivity index (χ0) is 18.3. The van der Waals surface area contributed by atoms with Crippen molar-refractivity contribution in [1.82, 2.24) is 9.80 Å². The van der Waals surface area contributed by atoms with Crippen LogP contribution in [-0.2, 0) is 0 Å². The van der Waals surface area contributed by atoms with Gasteiger partial charge < -0.3 is 9.80 Å². The molecule has 1 heterocycles. The van der Waals surface area contributed by atoms with E-state index in [0.29, 0.717) is 12.2 Å². The summed E-state index contributed by atoms with van der Waals surface area (Å²) >= 11 is 0. The molecule has 0 aromatic heterocycles. The second kappa shape index (κ2) is 14.5. The van der Waals surface area contributed by atoms with Crippen LogP contribution in [0.15, 0.2) is 12.4 Å². The molecule has 2 nitrogen and oxygen atoms in total. The lowest BCUT2D eigenvalue weighted by molar-refractivity contribution is 0.114. The van der Waals surface area contributed by atoms with Crippen LogP contribution in [-0.4, -0.2) is 28.6 Å². The first-order valence-electron chi connectivity index (χ1n) is 11.4. The summed E-state index contributed by atoms with van der Waals surface area (Å²) in [6.07, 6.45) is 25.0. The summed E-state index contributed by atoms with van der Waals surface area (Å²) in [5, 5.41) is 0. The lowest BCUT2D eigenvalue weighted by atomic mass is 10.0. The average molecular weight is 351 g/mol. The highest BCUT2D eigenvalue weighted by atomic mass is 15.4. The van der Waals surface area contributed by atoms with Crippen molar-refractivity contribution in [2.75, 3.05) is 6.54 Å². The van der Waals surface area contributed by atoms with Gasteiger partial charge in [-0.2, -0.15) is 0 Å². The van der Waals surface area contributed by atoms with Crippen LogP contribution < -0.4 is 0 Å². The summed E-state index contributed by atoms with van der Waals surface area (Å²) in [6, 6.07) is 0.612. The topological polar surface area (TPSA) is 6.48 Å². The highest BCUT2D eigenvalue weighted by molar-refractivity contribution is 4.98. The summed E-state index contributed by atoms with van der Waals surface area (Å²) in [5.41, 5.74) is 0. The third-order valence-electron chi connectivity index (χ3n) is 5.59. The van der Waals surface area contributed by atoms with Crippen molar-refractivity contribution in [3.63, 3.8) is 0 Å². The molecule has 0 aromatic rings. The van der Waals surface area contributed by atoms with E-state index in [-0.39, 0.29) is 0 Å². The molecule has 1 atom stereocenters. The molecule has 25 heavy (non-hydrogen) atoms. The van der Waals surface area contributed by atoms with Crippen LogP contribution in [0.3, 0.4) is 0 Å². The highest BCUT2D eigenvalue weighted by Crippen LogP contribution is 2.24. The smallest absolute Gasteiger partial charge is 0.101 e. The van der Waals surface area contributed by atoms with Gasteiger partial charge in [0.05, 0.1) is 0 Å². The Balaban J connectivity index is 2.08. The van der Waals surface area contributed by atoms with Crippen LogP contribution in [0.2, 0.25) is 0 Å². The fourth-order valence-electron chi connectivity index (χ4n) is 3.92.